The second-order valence-electron chi connectivity index (χ2n) is 5.20. The summed E-state index contributed by atoms with van der Waals surface area (Å²) < 4.78 is 10.5. The number of esters is 1. The topological polar surface area (TPSA) is 125 Å². The first-order valence-corrected chi connectivity index (χ1v) is 7.09. The van der Waals surface area contributed by atoms with Crippen LogP contribution in [-0.2, 0) is 14.3 Å². The van der Waals surface area contributed by atoms with Crippen molar-refractivity contribution in [2.75, 3.05) is 6.61 Å². The van der Waals surface area contributed by atoms with E-state index in [0.29, 0.717) is 0 Å². The third kappa shape index (κ3) is 4.05. The molecule has 0 saturated carbocycles. The first-order chi connectivity index (χ1) is 10.9. The van der Waals surface area contributed by atoms with E-state index in [9.17, 15) is 24.9 Å². The van der Waals surface area contributed by atoms with Crippen LogP contribution in [0.25, 0.3) is 0 Å². The van der Waals surface area contributed by atoms with E-state index in [4.69, 9.17) is 9.47 Å². The summed E-state index contributed by atoms with van der Waals surface area (Å²) in [5, 5.41) is 31.5. The number of aliphatic hydroxyl groups is 3. The summed E-state index contributed by atoms with van der Waals surface area (Å²) in [6.07, 6.45) is -5.37. The largest absolute Gasteiger partial charge is 0.430 e. The Bertz CT molecular complexity index is 550. The lowest BCUT2D eigenvalue weighted by Crippen LogP contribution is -2.64. The van der Waals surface area contributed by atoms with Crippen molar-refractivity contribution in [3.05, 3.63) is 35.9 Å². The van der Waals surface area contributed by atoms with Gasteiger partial charge in [0.15, 0.2) is 0 Å². The molecule has 1 aliphatic rings. The molecule has 5 atom stereocenters. The Balaban J connectivity index is 2.17. The maximum atomic E-state index is 12.1. The SMILES string of the molecule is CC(=O)NC1C(O)[C@H](O)C(CO)O[C@H]1OC(=O)c1ccccc1. The van der Waals surface area contributed by atoms with Gasteiger partial charge in [-0.2, -0.15) is 0 Å². The summed E-state index contributed by atoms with van der Waals surface area (Å²) in [6, 6.07) is 6.95. The van der Waals surface area contributed by atoms with Crippen molar-refractivity contribution in [2.24, 2.45) is 0 Å². The van der Waals surface area contributed by atoms with Gasteiger partial charge in [-0.3, -0.25) is 4.79 Å². The van der Waals surface area contributed by atoms with Crippen molar-refractivity contribution in [3.63, 3.8) is 0 Å². The van der Waals surface area contributed by atoms with E-state index in [1.165, 1.54) is 19.1 Å². The Morgan fingerprint density at radius 1 is 1.22 bits per heavy atom. The quantitative estimate of drug-likeness (QED) is 0.512. The zero-order valence-electron chi connectivity index (χ0n) is 12.5. The average molecular weight is 325 g/mol. The number of amides is 1. The molecular weight excluding hydrogens is 306 g/mol. The summed E-state index contributed by atoms with van der Waals surface area (Å²) >= 11 is 0. The number of hydrogen-bond donors (Lipinski definition) is 4. The molecule has 126 valence electrons. The van der Waals surface area contributed by atoms with Crippen LogP contribution in [0.2, 0.25) is 0 Å². The summed E-state index contributed by atoms with van der Waals surface area (Å²) in [5.74, 6) is -1.21. The van der Waals surface area contributed by atoms with Crippen LogP contribution in [-0.4, -0.2) is 64.4 Å². The van der Waals surface area contributed by atoms with Crippen LogP contribution >= 0.6 is 0 Å². The first-order valence-electron chi connectivity index (χ1n) is 7.09. The van der Waals surface area contributed by atoms with Gasteiger partial charge in [-0.1, -0.05) is 18.2 Å². The van der Waals surface area contributed by atoms with E-state index < -0.39 is 49.1 Å². The highest BCUT2D eigenvalue weighted by Gasteiger charge is 2.46. The van der Waals surface area contributed by atoms with Crippen LogP contribution < -0.4 is 5.32 Å². The molecule has 4 N–H and O–H groups in total. The van der Waals surface area contributed by atoms with E-state index >= 15 is 0 Å². The van der Waals surface area contributed by atoms with Gasteiger partial charge in [0, 0.05) is 6.92 Å². The molecule has 8 heteroatoms. The van der Waals surface area contributed by atoms with E-state index in [0.717, 1.165) is 0 Å². The number of nitrogens with one attached hydrogen (secondary N) is 1. The third-order valence-electron chi connectivity index (χ3n) is 3.48. The van der Waals surface area contributed by atoms with E-state index in [2.05, 4.69) is 5.32 Å². The normalized spacial score (nSPS) is 30.5. The second-order valence-corrected chi connectivity index (χ2v) is 5.20. The Morgan fingerprint density at radius 3 is 2.43 bits per heavy atom. The molecule has 0 spiro atoms. The van der Waals surface area contributed by atoms with Gasteiger partial charge in [-0.05, 0) is 12.1 Å². The maximum absolute atomic E-state index is 12.1. The van der Waals surface area contributed by atoms with E-state index in [-0.39, 0.29) is 5.56 Å². The zero-order chi connectivity index (χ0) is 17.0. The molecule has 0 aromatic heterocycles. The molecule has 1 aliphatic heterocycles. The Morgan fingerprint density at radius 2 is 1.87 bits per heavy atom. The number of aliphatic hydroxyl groups excluding tert-OH is 3. The summed E-state index contributed by atoms with van der Waals surface area (Å²) in [7, 11) is 0. The molecule has 1 fully saturated rings. The number of rotatable bonds is 4. The summed E-state index contributed by atoms with van der Waals surface area (Å²) in [4.78, 5) is 23.4. The summed E-state index contributed by atoms with van der Waals surface area (Å²) in [5.41, 5.74) is 0.263. The van der Waals surface area contributed by atoms with Gasteiger partial charge in [0.05, 0.1) is 12.2 Å². The van der Waals surface area contributed by atoms with Crippen LogP contribution in [0.5, 0.6) is 0 Å². The minimum Gasteiger partial charge on any atom is -0.430 e. The standard InChI is InChI=1S/C15H19NO7/c1-8(18)16-11-13(20)12(19)10(7-17)22-15(11)23-14(21)9-5-3-2-4-6-9/h2-6,10-13,15,17,19-20H,7H2,1H3,(H,16,18)/t10?,11?,12-,13?,15+/m1/s1. The highest BCUT2D eigenvalue weighted by molar-refractivity contribution is 5.89. The Hall–Kier alpha value is -2.00. The van der Waals surface area contributed by atoms with E-state index in [1.54, 1.807) is 18.2 Å². The van der Waals surface area contributed by atoms with Crippen LogP contribution in [0.4, 0.5) is 0 Å². The molecule has 1 amide bonds. The predicted octanol–water partition coefficient (Wildman–Crippen LogP) is -1.21. The highest BCUT2D eigenvalue weighted by atomic mass is 16.7. The molecule has 2 rings (SSSR count). The molecule has 3 unspecified atom stereocenters. The predicted molar refractivity (Wildman–Crippen MR) is 77.2 cm³/mol. The molecule has 1 heterocycles. The molecule has 0 aliphatic carbocycles. The molecule has 8 nitrogen and oxygen atoms in total. The van der Waals surface area contributed by atoms with Crippen LogP contribution in [0.3, 0.4) is 0 Å². The smallest absolute Gasteiger partial charge is 0.340 e. The van der Waals surface area contributed by atoms with Crippen LogP contribution in [0.15, 0.2) is 30.3 Å². The fourth-order valence-corrected chi connectivity index (χ4v) is 2.32. The van der Waals surface area contributed by atoms with Crippen molar-refractivity contribution >= 4 is 11.9 Å². The number of carbonyl (C=O) groups is 2. The fraction of sp³-hybridized carbons (Fsp3) is 0.467. The average Bonchev–Trinajstić information content (AvgIpc) is 2.54. The second kappa shape index (κ2) is 7.51. The highest BCUT2D eigenvalue weighted by Crippen LogP contribution is 2.23. The number of hydrogen-bond acceptors (Lipinski definition) is 7. The molecule has 0 radical (unpaired) electrons. The number of carbonyl (C=O) groups excluding carboxylic acids is 2. The van der Waals surface area contributed by atoms with Crippen LogP contribution in [0, 0.1) is 0 Å². The number of benzene rings is 1. The lowest BCUT2D eigenvalue weighted by Gasteiger charge is -2.41. The van der Waals surface area contributed by atoms with Gasteiger partial charge in [0.2, 0.25) is 12.2 Å². The van der Waals surface area contributed by atoms with Crippen molar-refractivity contribution in [2.45, 2.75) is 37.6 Å². The van der Waals surface area contributed by atoms with Crippen molar-refractivity contribution in [1.29, 1.82) is 0 Å². The third-order valence-corrected chi connectivity index (χ3v) is 3.48. The Labute approximate surface area is 132 Å². The molecule has 23 heavy (non-hydrogen) atoms. The monoisotopic (exact) mass is 325 g/mol. The van der Waals surface area contributed by atoms with Gasteiger partial charge in [-0.15, -0.1) is 0 Å². The van der Waals surface area contributed by atoms with Crippen molar-refractivity contribution < 1.29 is 34.4 Å². The van der Waals surface area contributed by atoms with Gasteiger partial charge in [-0.25, -0.2) is 4.79 Å². The maximum Gasteiger partial charge on any atom is 0.340 e. The van der Waals surface area contributed by atoms with Crippen LogP contribution in [0.1, 0.15) is 17.3 Å². The van der Waals surface area contributed by atoms with Crippen molar-refractivity contribution in [1.82, 2.24) is 5.32 Å². The molecule has 1 saturated heterocycles. The van der Waals surface area contributed by atoms with Gasteiger partial charge >= 0.3 is 5.97 Å². The first kappa shape index (κ1) is 17.4. The minimum absolute atomic E-state index is 0.263. The van der Waals surface area contributed by atoms with Crippen molar-refractivity contribution in [3.8, 4) is 0 Å². The van der Waals surface area contributed by atoms with Gasteiger partial charge in [0.25, 0.3) is 0 Å². The van der Waals surface area contributed by atoms with E-state index in [1.807, 2.05) is 0 Å². The number of ether oxygens (including phenoxy) is 2. The molecule has 0 bridgehead atoms. The lowest BCUT2D eigenvalue weighted by molar-refractivity contribution is -0.253. The Kier molecular flexibility index (Phi) is 5.67. The molecular formula is C15H19NO7. The van der Waals surface area contributed by atoms with Gasteiger partial charge < -0.3 is 30.1 Å². The fourth-order valence-electron chi connectivity index (χ4n) is 2.32. The lowest BCUT2D eigenvalue weighted by atomic mass is 9.97. The zero-order valence-corrected chi connectivity index (χ0v) is 12.5. The molecule has 1 aromatic carbocycles. The molecule has 1 aromatic rings. The minimum atomic E-state index is -1.46. The van der Waals surface area contributed by atoms with Gasteiger partial charge in [0.1, 0.15) is 24.4 Å². The summed E-state index contributed by atoms with van der Waals surface area (Å²) in [6.45, 7) is 0.637.